The molecule has 2 N–H and O–H groups in total. The highest BCUT2D eigenvalue weighted by molar-refractivity contribution is 5.54. The fraction of sp³-hybridized carbons (Fsp3) is 0.647. The Hall–Kier alpha value is -1.18. The van der Waals surface area contributed by atoms with Crippen molar-refractivity contribution in [1.29, 1.82) is 0 Å². The van der Waals surface area contributed by atoms with Crippen molar-refractivity contribution >= 4 is 5.69 Å². The molecule has 19 heavy (non-hydrogen) atoms. The Balaban J connectivity index is 2.14. The minimum absolute atomic E-state index is 0.348. The minimum atomic E-state index is 0.348. The van der Waals surface area contributed by atoms with Crippen molar-refractivity contribution in [2.45, 2.75) is 53.0 Å². The second-order valence-corrected chi connectivity index (χ2v) is 6.58. The van der Waals surface area contributed by atoms with E-state index in [4.69, 9.17) is 0 Å². The van der Waals surface area contributed by atoms with Crippen molar-refractivity contribution in [3.8, 4) is 5.75 Å². The van der Waals surface area contributed by atoms with Crippen molar-refractivity contribution in [3.05, 3.63) is 23.8 Å². The molecule has 1 aliphatic rings. The van der Waals surface area contributed by atoms with Crippen LogP contribution in [0.15, 0.2) is 18.2 Å². The number of hydrogen-bond acceptors (Lipinski definition) is 2. The second-order valence-electron chi connectivity index (χ2n) is 6.58. The van der Waals surface area contributed by atoms with Crippen LogP contribution in [0.1, 0.15) is 45.6 Å². The molecule has 0 heterocycles. The van der Waals surface area contributed by atoms with E-state index in [0.717, 1.165) is 23.3 Å². The average molecular weight is 261 g/mol. The van der Waals surface area contributed by atoms with Gasteiger partial charge in [0.2, 0.25) is 0 Å². The molecule has 2 heteroatoms. The van der Waals surface area contributed by atoms with Crippen LogP contribution in [0.3, 0.4) is 0 Å². The van der Waals surface area contributed by atoms with Gasteiger partial charge in [-0.05, 0) is 61.3 Å². The third-order valence-corrected chi connectivity index (χ3v) is 4.57. The summed E-state index contributed by atoms with van der Waals surface area (Å²) < 4.78 is 0. The molecular weight excluding hydrogens is 234 g/mol. The summed E-state index contributed by atoms with van der Waals surface area (Å²) in [5.41, 5.74) is 2.29. The molecule has 2 nitrogen and oxygen atoms in total. The number of phenolic OH excluding ortho intramolecular Hbond substituents is 1. The fourth-order valence-corrected chi connectivity index (χ4v) is 3.38. The molecule has 1 aromatic rings. The third kappa shape index (κ3) is 3.43. The molecule has 0 aromatic heterocycles. The molecule has 1 aliphatic carbocycles. The first-order chi connectivity index (χ1) is 8.97. The summed E-state index contributed by atoms with van der Waals surface area (Å²) in [6, 6.07) is 6.17. The zero-order chi connectivity index (χ0) is 14.0. The van der Waals surface area contributed by atoms with Gasteiger partial charge >= 0.3 is 0 Å². The van der Waals surface area contributed by atoms with Gasteiger partial charge in [-0.3, -0.25) is 0 Å². The highest BCUT2D eigenvalue weighted by atomic mass is 16.3. The van der Waals surface area contributed by atoms with E-state index >= 15 is 0 Å². The van der Waals surface area contributed by atoms with E-state index in [1.54, 1.807) is 6.07 Å². The monoisotopic (exact) mass is 261 g/mol. The molecule has 0 bridgehead atoms. The van der Waals surface area contributed by atoms with Crippen LogP contribution in [0.5, 0.6) is 5.75 Å². The van der Waals surface area contributed by atoms with Gasteiger partial charge in [0.15, 0.2) is 0 Å². The van der Waals surface area contributed by atoms with Crippen LogP contribution in [0, 0.1) is 24.7 Å². The fourth-order valence-electron chi connectivity index (χ4n) is 3.38. The Morgan fingerprint density at radius 3 is 2.63 bits per heavy atom. The zero-order valence-corrected chi connectivity index (χ0v) is 12.6. The third-order valence-electron chi connectivity index (χ3n) is 4.57. The topological polar surface area (TPSA) is 32.3 Å². The maximum atomic E-state index is 9.50. The molecule has 0 saturated heterocycles. The summed E-state index contributed by atoms with van der Waals surface area (Å²) in [4.78, 5) is 0. The van der Waals surface area contributed by atoms with Gasteiger partial charge < -0.3 is 10.4 Å². The predicted octanol–water partition coefficient (Wildman–Crippen LogP) is 4.57. The van der Waals surface area contributed by atoms with Crippen molar-refractivity contribution < 1.29 is 5.11 Å². The molecule has 0 amide bonds. The van der Waals surface area contributed by atoms with Crippen LogP contribution < -0.4 is 5.32 Å². The first kappa shape index (κ1) is 14.2. The van der Waals surface area contributed by atoms with E-state index < -0.39 is 0 Å². The maximum Gasteiger partial charge on any atom is 0.115 e. The van der Waals surface area contributed by atoms with Gasteiger partial charge in [-0.1, -0.05) is 27.2 Å². The molecule has 0 aliphatic heterocycles. The number of hydrogen-bond donors (Lipinski definition) is 2. The number of rotatable bonds is 3. The maximum absolute atomic E-state index is 9.50. The first-order valence-electron chi connectivity index (χ1n) is 7.53. The number of benzene rings is 1. The first-order valence-corrected chi connectivity index (χ1v) is 7.53. The predicted molar refractivity (Wildman–Crippen MR) is 81.6 cm³/mol. The summed E-state index contributed by atoms with van der Waals surface area (Å²) in [7, 11) is 0. The van der Waals surface area contributed by atoms with Crippen molar-refractivity contribution in [1.82, 2.24) is 0 Å². The summed E-state index contributed by atoms with van der Waals surface area (Å²) in [6.07, 6.45) is 3.94. The highest BCUT2D eigenvalue weighted by Gasteiger charge is 2.30. The largest absolute Gasteiger partial charge is 0.508 e. The van der Waals surface area contributed by atoms with Gasteiger partial charge in [-0.2, -0.15) is 0 Å². The van der Waals surface area contributed by atoms with Gasteiger partial charge in [-0.25, -0.2) is 0 Å². The Morgan fingerprint density at radius 1 is 1.26 bits per heavy atom. The van der Waals surface area contributed by atoms with E-state index in [1.165, 1.54) is 24.9 Å². The normalized spacial score (nSPS) is 27.5. The van der Waals surface area contributed by atoms with Crippen molar-refractivity contribution in [2.24, 2.45) is 17.8 Å². The lowest BCUT2D eigenvalue weighted by molar-refractivity contribution is 0.212. The van der Waals surface area contributed by atoms with Crippen LogP contribution in [-0.2, 0) is 0 Å². The van der Waals surface area contributed by atoms with Crippen LogP contribution in [0.25, 0.3) is 0 Å². The quantitative estimate of drug-likeness (QED) is 0.781. The highest BCUT2D eigenvalue weighted by Crippen LogP contribution is 2.36. The Morgan fingerprint density at radius 2 is 2.00 bits per heavy atom. The smallest absolute Gasteiger partial charge is 0.115 e. The van der Waals surface area contributed by atoms with Gasteiger partial charge in [0, 0.05) is 11.7 Å². The number of nitrogens with one attached hydrogen (secondary N) is 1. The molecule has 2 rings (SSSR count). The van der Waals surface area contributed by atoms with Crippen LogP contribution in [-0.4, -0.2) is 11.1 Å². The van der Waals surface area contributed by atoms with E-state index in [1.807, 2.05) is 12.1 Å². The lowest BCUT2D eigenvalue weighted by atomic mass is 9.74. The molecule has 106 valence electrons. The van der Waals surface area contributed by atoms with Crippen LogP contribution in [0.4, 0.5) is 5.69 Å². The van der Waals surface area contributed by atoms with Gasteiger partial charge in [0.25, 0.3) is 0 Å². The van der Waals surface area contributed by atoms with Gasteiger partial charge in [0.05, 0.1) is 0 Å². The Bertz CT molecular complexity index is 427. The minimum Gasteiger partial charge on any atom is -0.508 e. The van der Waals surface area contributed by atoms with E-state index in [2.05, 4.69) is 33.0 Å². The zero-order valence-electron chi connectivity index (χ0n) is 12.6. The molecular formula is C17H27NO. The molecule has 3 unspecified atom stereocenters. The van der Waals surface area contributed by atoms with E-state index in [0.29, 0.717) is 11.8 Å². The van der Waals surface area contributed by atoms with Crippen molar-refractivity contribution in [2.75, 3.05) is 5.32 Å². The summed E-state index contributed by atoms with van der Waals surface area (Å²) in [5, 5.41) is 13.2. The number of aryl methyl sites for hydroxylation is 1. The lowest BCUT2D eigenvalue weighted by Gasteiger charge is -2.38. The Kier molecular flexibility index (Phi) is 4.38. The Labute approximate surface area is 117 Å². The molecule has 1 aromatic carbocycles. The lowest BCUT2D eigenvalue weighted by Crippen LogP contribution is -2.38. The SMILES string of the molecule is Cc1cc(O)ccc1NC1CC(C)CCC1C(C)C. The number of phenols is 1. The van der Waals surface area contributed by atoms with Gasteiger partial charge in [0.1, 0.15) is 5.75 Å². The summed E-state index contributed by atoms with van der Waals surface area (Å²) in [6.45, 7) is 9.08. The summed E-state index contributed by atoms with van der Waals surface area (Å²) in [5.74, 6) is 2.64. The van der Waals surface area contributed by atoms with E-state index in [9.17, 15) is 5.11 Å². The standard InChI is InChI=1S/C17H27NO/c1-11(2)15-7-5-12(3)9-17(15)18-16-8-6-14(19)10-13(16)4/h6,8,10-12,15,17-19H,5,7,9H2,1-4H3. The molecule has 1 saturated carbocycles. The van der Waals surface area contributed by atoms with E-state index in [-0.39, 0.29) is 0 Å². The van der Waals surface area contributed by atoms with Crippen LogP contribution in [0.2, 0.25) is 0 Å². The van der Waals surface area contributed by atoms with Crippen molar-refractivity contribution in [3.63, 3.8) is 0 Å². The summed E-state index contributed by atoms with van der Waals surface area (Å²) >= 11 is 0. The second kappa shape index (κ2) is 5.85. The molecule has 0 radical (unpaired) electrons. The molecule has 3 atom stereocenters. The number of anilines is 1. The molecule has 0 spiro atoms. The van der Waals surface area contributed by atoms with Gasteiger partial charge in [-0.15, -0.1) is 0 Å². The van der Waals surface area contributed by atoms with Crippen LogP contribution >= 0.6 is 0 Å². The number of aromatic hydroxyl groups is 1. The average Bonchev–Trinajstić information content (AvgIpc) is 2.32. The molecule has 1 fully saturated rings.